The van der Waals surface area contributed by atoms with Crippen LogP contribution in [-0.4, -0.2) is 79.6 Å². The summed E-state index contributed by atoms with van der Waals surface area (Å²) in [5.74, 6) is -0.726. The van der Waals surface area contributed by atoms with E-state index in [4.69, 9.17) is 9.47 Å². The zero-order valence-corrected chi connectivity index (χ0v) is 20.4. The minimum absolute atomic E-state index is 0.205. The Kier molecular flexibility index (Phi) is 9.83. The van der Waals surface area contributed by atoms with Gasteiger partial charge in [-0.1, -0.05) is 19.9 Å². The molecule has 0 saturated carbocycles. The Hall–Kier alpha value is -2.95. The number of amides is 4. The Morgan fingerprint density at radius 2 is 1.94 bits per heavy atom. The van der Waals surface area contributed by atoms with Crippen molar-refractivity contribution in [1.29, 1.82) is 0 Å². The molecule has 1 saturated heterocycles. The van der Waals surface area contributed by atoms with Crippen LogP contribution in [0.2, 0.25) is 0 Å². The van der Waals surface area contributed by atoms with Crippen LogP contribution in [0.1, 0.15) is 20.3 Å². The first kappa shape index (κ1) is 26.3. The number of methoxy groups -OCH3 is 2. The fraction of sp³-hybridized carbons (Fsp3) is 0.545. The molecule has 0 aliphatic carbocycles. The van der Waals surface area contributed by atoms with Gasteiger partial charge in [-0.2, -0.15) is 11.8 Å². The molecule has 1 fully saturated rings. The Bertz CT molecular complexity index is 865. The topological polar surface area (TPSA) is 126 Å². The van der Waals surface area contributed by atoms with Gasteiger partial charge in [-0.05, 0) is 30.7 Å². The van der Waals surface area contributed by atoms with Crippen molar-refractivity contribution in [2.75, 3.05) is 38.1 Å². The van der Waals surface area contributed by atoms with Gasteiger partial charge in [0.2, 0.25) is 11.8 Å². The van der Waals surface area contributed by atoms with Crippen molar-refractivity contribution in [1.82, 2.24) is 15.5 Å². The Balaban J connectivity index is 2.18. The van der Waals surface area contributed by atoms with Crippen LogP contribution < -0.4 is 20.7 Å². The second kappa shape index (κ2) is 12.3. The molecule has 0 radical (unpaired) electrons. The van der Waals surface area contributed by atoms with Crippen LogP contribution >= 0.6 is 11.8 Å². The number of benzene rings is 1. The summed E-state index contributed by atoms with van der Waals surface area (Å²) in [6.07, 6.45) is 2.20. The minimum atomic E-state index is -0.952. The molecule has 1 heterocycles. The summed E-state index contributed by atoms with van der Waals surface area (Å²) in [4.78, 5) is 52.1. The highest BCUT2D eigenvalue weighted by molar-refractivity contribution is 7.99. The van der Waals surface area contributed by atoms with Crippen molar-refractivity contribution < 1.29 is 28.7 Å². The van der Waals surface area contributed by atoms with Crippen LogP contribution in [0.3, 0.4) is 0 Å². The number of anilines is 1. The predicted molar refractivity (Wildman–Crippen MR) is 126 cm³/mol. The maximum Gasteiger partial charge on any atom is 0.328 e. The summed E-state index contributed by atoms with van der Waals surface area (Å²) in [5, 5.41) is 8.22. The van der Waals surface area contributed by atoms with Crippen LogP contribution in [0.15, 0.2) is 24.3 Å². The molecule has 1 aliphatic heterocycles. The third-order valence-corrected chi connectivity index (χ3v) is 5.85. The summed E-state index contributed by atoms with van der Waals surface area (Å²) in [6.45, 7) is 3.88. The molecule has 33 heavy (non-hydrogen) atoms. The molecule has 0 bridgehead atoms. The van der Waals surface area contributed by atoms with Crippen molar-refractivity contribution in [3.8, 4) is 5.75 Å². The third-order valence-electron chi connectivity index (χ3n) is 5.32. The molecule has 0 aromatic heterocycles. The minimum Gasteiger partial charge on any atom is -0.497 e. The number of hydrogen-bond acceptors (Lipinski definition) is 7. The fourth-order valence-corrected chi connectivity index (χ4v) is 4.07. The van der Waals surface area contributed by atoms with Crippen LogP contribution in [-0.2, 0) is 19.1 Å². The first-order valence-corrected chi connectivity index (χ1v) is 12.0. The van der Waals surface area contributed by atoms with E-state index in [1.807, 2.05) is 0 Å². The highest BCUT2D eigenvalue weighted by Crippen LogP contribution is 2.22. The van der Waals surface area contributed by atoms with E-state index in [0.29, 0.717) is 24.4 Å². The number of esters is 1. The molecule has 3 N–H and O–H groups in total. The number of carbonyl (C=O) groups excluding carboxylic acids is 4. The predicted octanol–water partition coefficient (Wildman–Crippen LogP) is 1.46. The lowest BCUT2D eigenvalue weighted by Crippen LogP contribution is -2.58. The maximum absolute atomic E-state index is 13.2. The SMILES string of the molecule is COC(=O)[C@H](NC(=O)[C@@H]1[C@@H](NC(=O)Nc2cccc(OC)c2)CCN1C(=O)CSC)C(C)C. The second-order valence-corrected chi connectivity index (χ2v) is 8.81. The number of rotatable bonds is 9. The van der Waals surface area contributed by atoms with Gasteiger partial charge in [-0.3, -0.25) is 9.59 Å². The lowest BCUT2D eigenvalue weighted by molar-refractivity contribution is -0.147. The molecule has 1 aromatic carbocycles. The Morgan fingerprint density at radius 3 is 2.55 bits per heavy atom. The maximum atomic E-state index is 13.2. The van der Waals surface area contributed by atoms with Crippen LogP contribution in [0.5, 0.6) is 5.75 Å². The lowest BCUT2D eigenvalue weighted by atomic mass is 10.0. The van der Waals surface area contributed by atoms with Gasteiger partial charge in [-0.25, -0.2) is 9.59 Å². The zero-order chi connectivity index (χ0) is 24.5. The van der Waals surface area contributed by atoms with E-state index in [1.165, 1.54) is 30.9 Å². The molecule has 10 nitrogen and oxygen atoms in total. The molecule has 1 aliphatic rings. The smallest absolute Gasteiger partial charge is 0.328 e. The van der Waals surface area contributed by atoms with Crippen molar-refractivity contribution in [3.05, 3.63) is 24.3 Å². The Morgan fingerprint density at radius 1 is 1.21 bits per heavy atom. The van der Waals surface area contributed by atoms with Crippen molar-refractivity contribution >= 4 is 41.3 Å². The van der Waals surface area contributed by atoms with Gasteiger partial charge in [0, 0.05) is 18.3 Å². The number of hydrogen-bond donors (Lipinski definition) is 3. The molecular weight excluding hydrogens is 448 g/mol. The van der Waals surface area contributed by atoms with Gasteiger partial charge >= 0.3 is 12.0 Å². The van der Waals surface area contributed by atoms with Crippen LogP contribution in [0.25, 0.3) is 0 Å². The fourth-order valence-electron chi connectivity index (χ4n) is 3.65. The number of ether oxygens (including phenoxy) is 2. The van der Waals surface area contributed by atoms with E-state index >= 15 is 0 Å². The highest BCUT2D eigenvalue weighted by atomic mass is 32.2. The molecular formula is C22H32N4O6S. The number of nitrogens with one attached hydrogen (secondary N) is 3. The van der Waals surface area contributed by atoms with Gasteiger partial charge in [0.1, 0.15) is 17.8 Å². The average Bonchev–Trinajstić information content (AvgIpc) is 3.20. The number of thioether (sulfide) groups is 1. The normalized spacial score (nSPS) is 18.4. The van der Waals surface area contributed by atoms with Crippen LogP contribution in [0, 0.1) is 5.92 Å². The summed E-state index contributed by atoms with van der Waals surface area (Å²) in [7, 11) is 2.78. The first-order chi connectivity index (χ1) is 15.7. The van der Waals surface area contributed by atoms with E-state index < -0.39 is 36.0 Å². The second-order valence-electron chi connectivity index (χ2n) is 7.94. The van der Waals surface area contributed by atoms with E-state index in [-0.39, 0.29) is 17.6 Å². The van der Waals surface area contributed by atoms with Crippen LogP contribution in [0.4, 0.5) is 10.5 Å². The molecule has 0 spiro atoms. The van der Waals surface area contributed by atoms with Crippen molar-refractivity contribution in [3.63, 3.8) is 0 Å². The summed E-state index contributed by atoms with van der Waals surface area (Å²) < 4.78 is 9.96. The number of carbonyl (C=O) groups is 4. The molecule has 1 aromatic rings. The van der Waals surface area contributed by atoms with Gasteiger partial charge in [-0.15, -0.1) is 0 Å². The summed E-state index contributed by atoms with van der Waals surface area (Å²) in [6, 6.07) is 3.89. The van der Waals surface area contributed by atoms with Gasteiger partial charge < -0.3 is 30.3 Å². The standard InChI is InChI=1S/C22H32N4O6S/c1-13(2)18(21(29)32-4)25-20(28)19-16(9-10-26(19)17(27)12-33-5)24-22(30)23-14-7-6-8-15(11-14)31-3/h6-8,11,13,16,18-19H,9-10,12H2,1-5H3,(H,25,28)(H2,23,24,30)/t16-,18+,19-/m0/s1. The number of urea groups is 1. The van der Waals surface area contributed by atoms with Gasteiger partial charge in [0.25, 0.3) is 0 Å². The third kappa shape index (κ3) is 7.01. The quantitative estimate of drug-likeness (QED) is 0.457. The lowest BCUT2D eigenvalue weighted by Gasteiger charge is -2.30. The van der Waals surface area contributed by atoms with Gasteiger partial charge in [0.05, 0.1) is 26.0 Å². The first-order valence-electron chi connectivity index (χ1n) is 10.6. The molecule has 4 amide bonds. The average molecular weight is 481 g/mol. The monoisotopic (exact) mass is 480 g/mol. The largest absolute Gasteiger partial charge is 0.497 e. The van der Waals surface area contributed by atoms with E-state index in [1.54, 1.807) is 44.4 Å². The number of likely N-dealkylation sites (tertiary alicyclic amines) is 1. The summed E-state index contributed by atoms with van der Waals surface area (Å²) in [5.41, 5.74) is 0.520. The van der Waals surface area contributed by atoms with Crippen molar-refractivity contribution in [2.45, 2.75) is 38.4 Å². The molecule has 11 heteroatoms. The summed E-state index contributed by atoms with van der Waals surface area (Å²) >= 11 is 1.35. The van der Waals surface area contributed by atoms with E-state index in [2.05, 4.69) is 16.0 Å². The van der Waals surface area contributed by atoms with E-state index in [9.17, 15) is 19.2 Å². The molecule has 182 valence electrons. The highest BCUT2D eigenvalue weighted by Gasteiger charge is 2.43. The zero-order valence-electron chi connectivity index (χ0n) is 19.5. The van der Waals surface area contributed by atoms with Crippen molar-refractivity contribution in [2.24, 2.45) is 5.92 Å². The Labute approximate surface area is 198 Å². The van der Waals surface area contributed by atoms with Gasteiger partial charge in [0.15, 0.2) is 0 Å². The molecule has 2 rings (SSSR count). The molecule has 0 unspecified atom stereocenters. The van der Waals surface area contributed by atoms with E-state index in [0.717, 1.165) is 0 Å². The molecule has 3 atom stereocenters. The number of nitrogens with zero attached hydrogens (tertiary/aromatic N) is 1.